The van der Waals surface area contributed by atoms with Crippen molar-refractivity contribution in [2.75, 3.05) is 0 Å². The number of rotatable bonds is 4. The molecule has 2 saturated carbocycles. The Kier molecular flexibility index (Phi) is 14.7. The summed E-state index contributed by atoms with van der Waals surface area (Å²) in [5, 5.41) is 0. The van der Waals surface area contributed by atoms with Gasteiger partial charge in [-0.1, -0.05) is 94.1 Å². The SMILES string of the molecule is CC1=C(C)SC(=CC([C]2[CH][CH][CH][CH]2)=C2SC(C)=C(C)S2)S1.CC1=C(C)SC(=CC([C]2[CH][CH][CH][CH]2)=C2SC(C)=C(C)S2)S1.[Fe+2]. The molecule has 0 N–H and O–H groups in total. The smallest absolute Gasteiger partial charge is 0.0867 e. The molecule has 0 unspecified atom stereocenters. The van der Waals surface area contributed by atoms with E-state index in [0.29, 0.717) is 0 Å². The summed E-state index contributed by atoms with van der Waals surface area (Å²) in [6, 6.07) is 0. The molecular weight excluding hydrogens is 721 g/mol. The van der Waals surface area contributed by atoms with Crippen molar-refractivity contribution in [1.29, 1.82) is 0 Å². The minimum absolute atomic E-state index is 0. The molecule has 4 heterocycles. The van der Waals surface area contributed by atoms with E-state index in [1.54, 1.807) is 0 Å². The molecule has 224 valence electrons. The van der Waals surface area contributed by atoms with Gasteiger partial charge in [0, 0.05) is 20.3 Å². The topological polar surface area (TPSA) is 0 Å². The van der Waals surface area contributed by atoms with Gasteiger partial charge < -0.3 is 0 Å². The van der Waals surface area contributed by atoms with Gasteiger partial charge in [-0.25, -0.2) is 0 Å². The van der Waals surface area contributed by atoms with Crippen molar-refractivity contribution in [2.24, 2.45) is 0 Å². The summed E-state index contributed by atoms with van der Waals surface area (Å²) in [5.74, 6) is 2.65. The molecule has 4 aliphatic heterocycles. The summed E-state index contributed by atoms with van der Waals surface area (Å²) in [6.07, 6.45) is 22.1. The molecule has 0 amide bonds. The molecule has 43 heavy (non-hydrogen) atoms. The Morgan fingerprint density at radius 3 is 0.884 bits per heavy atom. The van der Waals surface area contributed by atoms with E-state index in [2.05, 4.69) is 119 Å². The first kappa shape index (κ1) is 37.1. The van der Waals surface area contributed by atoms with Gasteiger partial charge in [0.1, 0.15) is 0 Å². The summed E-state index contributed by atoms with van der Waals surface area (Å²) in [7, 11) is 0. The van der Waals surface area contributed by atoms with Gasteiger partial charge >= 0.3 is 17.1 Å². The molecule has 0 aromatic heterocycles. The van der Waals surface area contributed by atoms with Crippen molar-refractivity contribution >= 4 is 94.1 Å². The van der Waals surface area contributed by atoms with E-state index in [-0.39, 0.29) is 17.1 Å². The molecule has 0 aromatic rings. The summed E-state index contributed by atoms with van der Waals surface area (Å²) >= 11 is 15.2. The molecule has 0 saturated heterocycles. The molecule has 0 atom stereocenters. The summed E-state index contributed by atoms with van der Waals surface area (Å²) in [4.78, 5) is 11.4. The van der Waals surface area contributed by atoms with Crippen molar-refractivity contribution in [3.8, 4) is 0 Å². The summed E-state index contributed by atoms with van der Waals surface area (Å²) in [5.41, 5.74) is 2.73. The quantitative estimate of drug-likeness (QED) is 0.257. The molecule has 0 spiro atoms. The van der Waals surface area contributed by atoms with Crippen LogP contribution in [0.2, 0.25) is 0 Å². The Labute approximate surface area is 306 Å². The molecular formula is C34H34FeS8+2. The van der Waals surface area contributed by atoms with Gasteiger partial charge in [0.05, 0.1) is 8.47 Å². The van der Waals surface area contributed by atoms with E-state index in [1.165, 1.54) is 79.2 Å². The fourth-order valence-electron chi connectivity index (χ4n) is 4.02. The number of hydrogen-bond acceptors (Lipinski definition) is 8. The summed E-state index contributed by atoms with van der Waals surface area (Å²) < 4.78 is 5.59. The van der Waals surface area contributed by atoms with Gasteiger partial charge in [-0.2, -0.15) is 0 Å². The predicted octanol–water partition coefficient (Wildman–Crippen LogP) is 13.8. The van der Waals surface area contributed by atoms with Crippen LogP contribution < -0.4 is 0 Å². The molecule has 2 fully saturated rings. The minimum atomic E-state index is 0. The zero-order valence-electron chi connectivity index (χ0n) is 25.4. The van der Waals surface area contributed by atoms with Crippen LogP contribution in [0.5, 0.6) is 0 Å². The van der Waals surface area contributed by atoms with Crippen LogP contribution >= 0.6 is 94.1 Å². The van der Waals surface area contributed by atoms with E-state index in [1.807, 2.05) is 94.1 Å². The van der Waals surface area contributed by atoms with Crippen LogP contribution in [0.25, 0.3) is 0 Å². The maximum atomic E-state index is 2.37. The van der Waals surface area contributed by atoms with Crippen LogP contribution in [0.1, 0.15) is 55.4 Å². The standard InChI is InChI=1S/2C17H17S4.Fe/c2*1-10-11(2)19-16(18-10)9-15(14-7-5-6-8-14)17-20-12(3)13(4)21-17;/h2*5-9H,1-4H3;/q;;+2. The minimum Gasteiger partial charge on any atom is -0.0867 e. The fraction of sp³-hybridized carbons (Fsp3) is 0.235. The molecule has 9 heteroatoms. The average Bonchev–Trinajstić information content (AvgIpc) is 3.79. The molecule has 6 rings (SSSR count). The van der Waals surface area contributed by atoms with Crippen LogP contribution in [-0.2, 0) is 17.1 Å². The fourth-order valence-corrected chi connectivity index (χ4v) is 14.0. The number of allylic oxidation sites excluding steroid dienone is 12. The maximum absolute atomic E-state index is 2.37. The normalized spacial score (nSPS) is 23.3. The largest absolute Gasteiger partial charge is 2.00 e. The Balaban J connectivity index is 0.000000192. The van der Waals surface area contributed by atoms with Gasteiger partial charge in [-0.05, 0) is 169 Å². The zero-order valence-corrected chi connectivity index (χ0v) is 33.0. The molecule has 10 radical (unpaired) electrons. The van der Waals surface area contributed by atoms with Crippen LogP contribution in [-0.4, -0.2) is 0 Å². The monoisotopic (exact) mass is 754 g/mol. The van der Waals surface area contributed by atoms with Crippen molar-refractivity contribution in [2.45, 2.75) is 55.4 Å². The Hall–Kier alpha value is 1.24. The van der Waals surface area contributed by atoms with Crippen LogP contribution in [0.4, 0.5) is 0 Å². The van der Waals surface area contributed by atoms with E-state index in [0.717, 1.165) is 0 Å². The van der Waals surface area contributed by atoms with Crippen molar-refractivity contribution < 1.29 is 17.1 Å². The van der Waals surface area contributed by atoms with Gasteiger partial charge in [-0.3, -0.25) is 0 Å². The van der Waals surface area contributed by atoms with E-state index >= 15 is 0 Å². The summed E-state index contributed by atoms with van der Waals surface area (Å²) in [6.45, 7) is 17.7. The number of thioether (sulfide) groups is 8. The number of hydrogen-bond donors (Lipinski definition) is 0. The van der Waals surface area contributed by atoms with Crippen molar-refractivity contribution in [3.05, 3.63) is 143 Å². The maximum Gasteiger partial charge on any atom is 2.00 e. The van der Waals surface area contributed by atoms with Gasteiger partial charge in [0.2, 0.25) is 0 Å². The molecule has 2 aliphatic carbocycles. The molecule has 6 aliphatic rings. The third-order valence-corrected chi connectivity index (χ3v) is 17.2. The second-order valence-corrected chi connectivity index (χ2v) is 20.9. The van der Waals surface area contributed by atoms with Crippen LogP contribution in [0.3, 0.4) is 0 Å². The third kappa shape index (κ3) is 9.66. The molecule has 0 nitrogen and oxygen atoms in total. The van der Waals surface area contributed by atoms with Gasteiger partial charge in [0.25, 0.3) is 0 Å². The van der Waals surface area contributed by atoms with Crippen molar-refractivity contribution in [3.63, 3.8) is 0 Å². The molecule has 0 bridgehead atoms. The second kappa shape index (κ2) is 17.1. The van der Waals surface area contributed by atoms with Crippen LogP contribution in [0.15, 0.2) is 79.5 Å². The van der Waals surface area contributed by atoms with E-state index in [4.69, 9.17) is 0 Å². The van der Waals surface area contributed by atoms with Gasteiger partial charge in [-0.15, -0.1) is 0 Å². The Bertz CT molecular complexity index is 1190. The predicted molar refractivity (Wildman–Crippen MR) is 205 cm³/mol. The Morgan fingerprint density at radius 1 is 0.395 bits per heavy atom. The van der Waals surface area contributed by atoms with Crippen LogP contribution in [0, 0.1) is 63.2 Å². The van der Waals surface area contributed by atoms with E-state index < -0.39 is 0 Å². The average molecular weight is 755 g/mol. The second-order valence-electron chi connectivity index (χ2n) is 9.94. The third-order valence-electron chi connectivity index (χ3n) is 6.89. The van der Waals surface area contributed by atoms with Gasteiger partial charge in [0.15, 0.2) is 0 Å². The van der Waals surface area contributed by atoms with E-state index in [9.17, 15) is 0 Å². The first-order valence-corrected chi connectivity index (χ1v) is 20.1. The van der Waals surface area contributed by atoms with Crippen molar-refractivity contribution in [1.82, 2.24) is 0 Å². The first-order valence-electron chi connectivity index (χ1n) is 13.6. The first-order chi connectivity index (χ1) is 20.1. The Morgan fingerprint density at radius 2 is 0.628 bits per heavy atom. The molecule has 0 aromatic carbocycles. The zero-order chi connectivity index (χ0) is 30.0.